The van der Waals surface area contributed by atoms with Crippen LogP contribution in [0, 0.1) is 5.92 Å². The van der Waals surface area contributed by atoms with Gasteiger partial charge >= 0.3 is 6.09 Å². The first kappa shape index (κ1) is 58.0. The van der Waals surface area contributed by atoms with Gasteiger partial charge in [0.05, 0.1) is 38.2 Å². The second kappa shape index (κ2) is 23.7. The van der Waals surface area contributed by atoms with Crippen molar-refractivity contribution in [2.45, 2.75) is 127 Å². The number of carbonyl (C=O) groups is 1. The Morgan fingerprint density at radius 3 is 1.99 bits per heavy atom. The van der Waals surface area contributed by atoms with Crippen LogP contribution >= 0.6 is 0 Å². The summed E-state index contributed by atoms with van der Waals surface area (Å²) in [7, 11) is -14.5. The molecule has 2 heterocycles. The van der Waals surface area contributed by atoms with E-state index >= 15 is 16.8 Å². The summed E-state index contributed by atoms with van der Waals surface area (Å²) in [6, 6.07) is 27.7. The Bertz CT molecular complexity index is 2980. The maximum absolute atomic E-state index is 16.2. The number of hydrogen-bond donors (Lipinski definition) is 2. The third-order valence-corrected chi connectivity index (χ3v) is 21.6. The summed E-state index contributed by atoms with van der Waals surface area (Å²) in [5.74, 6) is 0.327. The van der Waals surface area contributed by atoms with Gasteiger partial charge in [-0.3, -0.25) is 4.18 Å². The summed E-state index contributed by atoms with van der Waals surface area (Å²) >= 11 is 0. The number of benzene rings is 4. The van der Waals surface area contributed by atoms with Gasteiger partial charge in [-0.15, -0.1) is 10.2 Å². The predicted octanol–water partition coefficient (Wildman–Crippen LogP) is 7.56. The topological polar surface area (TPSA) is 231 Å². The summed E-state index contributed by atoms with van der Waals surface area (Å²) in [5.41, 5.74) is 1.48. The van der Waals surface area contributed by atoms with E-state index < -0.39 is 66.1 Å². The molecule has 5 aromatic rings. The van der Waals surface area contributed by atoms with Crippen LogP contribution in [0.1, 0.15) is 78.0 Å². The second-order valence-electron chi connectivity index (χ2n) is 21.2. The Kier molecular flexibility index (Phi) is 18.6. The molecule has 74 heavy (non-hydrogen) atoms. The zero-order valence-electron chi connectivity index (χ0n) is 44.2. The number of hydrogen-bond acceptors (Lipinski definition) is 15. The number of piperidine rings is 1. The van der Waals surface area contributed by atoms with Gasteiger partial charge in [0.2, 0.25) is 25.9 Å². The van der Waals surface area contributed by atoms with Crippen molar-refractivity contribution in [1.29, 1.82) is 0 Å². The molecule has 3 atom stereocenters. The molecule has 1 aliphatic heterocycles. The van der Waals surface area contributed by atoms with Crippen LogP contribution in [0.3, 0.4) is 0 Å². The fraction of sp³-hybridized carbons (Fsp3) is 0.490. The number of ether oxygens (including phenoxy) is 2. The number of nitrogens with zero attached hydrogens (tertiary/aromatic N) is 6. The summed E-state index contributed by atoms with van der Waals surface area (Å²) < 4.78 is 114. The van der Waals surface area contributed by atoms with Gasteiger partial charge in [-0.05, 0) is 111 Å². The molecule has 1 saturated heterocycles. The van der Waals surface area contributed by atoms with Crippen molar-refractivity contribution < 1.29 is 48.1 Å². The molecule has 0 radical (unpaired) electrons. The molecule has 19 nitrogen and oxygen atoms in total. The number of nitrogens with one attached hydrogen (secondary N) is 2. The average molecular weight is 1100 g/mol. The number of rotatable bonds is 22. The van der Waals surface area contributed by atoms with Gasteiger partial charge in [0, 0.05) is 44.5 Å². The van der Waals surface area contributed by atoms with Crippen LogP contribution in [-0.2, 0) is 63.1 Å². The molecule has 1 amide bonds. The van der Waals surface area contributed by atoms with Crippen molar-refractivity contribution in [3.63, 3.8) is 0 Å². The molecular weight excluding hydrogens is 1020 g/mol. The molecule has 2 N–H and O–H groups in total. The lowest BCUT2D eigenvalue weighted by Crippen LogP contribution is -2.51. The molecule has 4 aromatic carbocycles. The number of methoxy groups -OCH3 is 1. The molecule has 0 saturated carbocycles. The fourth-order valence-electron chi connectivity index (χ4n) is 8.25. The maximum atomic E-state index is 16.2. The number of sulfonamides is 2. The second-order valence-corrected chi connectivity index (χ2v) is 31.2. The van der Waals surface area contributed by atoms with Crippen LogP contribution in [0.25, 0.3) is 11.4 Å². The van der Waals surface area contributed by atoms with E-state index in [2.05, 4.69) is 20.4 Å². The molecule has 0 spiro atoms. The van der Waals surface area contributed by atoms with Crippen molar-refractivity contribution in [2.24, 2.45) is 5.92 Å². The van der Waals surface area contributed by atoms with E-state index in [1.807, 2.05) is 70.0 Å². The number of aromatic nitrogens is 4. The van der Waals surface area contributed by atoms with Crippen molar-refractivity contribution >= 4 is 50.3 Å². The number of alkyl carbamates (subject to hydrolysis) is 1. The van der Waals surface area contributed by atoms with Gasteiger partial charge in [0.25, 0.3) is 10.1 Å². The molecule has 1 fully saturated rings. The van der Waals surface area contributed by atoms with E-state index in [4.69, 9.17) is 23.2 Å². The third kappa shape index (κ3) is 15.6. The number of tetrazole rings is 1. The first-order valence-electron chi connectivity index (χ1n) is 24.5. The standard InChI is InChI=1S/C51H72N8O11S3Si/c1-37-30-41(36-68-71(9,61)62)28-29-58(37)44-26-27-45(72(63,64)53-32-43(70-74(10,11)51(5,6)7)31-52-49(60)69-50(2,3)4)47(46(44)48-54-56-59(55-48)35-40-22-24-42(67-8)25-23-40)73(65,66)57(33-38-18-14-12-15-19-38)34-39-20-16-13-17-21-39/h12-27,37,41,43,53H,28-36H2,1-11H3,(H,52,60)/t37?,41?,43-/m1/s1. The van der Waals surface area contributed by atoms with E-state index in [0.717, 1.165) is 11.8 Å². The molecule has 6 rings (SSSR count). The Labute approximate surface area is 438 Å². The SMILES string of the molecule is COc1ccc(Cn2nnc(-c3c(N4CCC(COS(C)(=O)=O)CC4C)ccc(S(=O)(=O)NC[C@@H](CNC(=O)OC(C)(C)C)O[Si](C)(C)C(C)(C)C)c3S(=O)(=O)N(Cc3ccccc3)Cc3ccccc3)n2)cc1. The summed E-state index contributed by atoms with van der Waals surface area (Å²) in [4.78, 5) is 15.1. The van der Waals surface area contributed by atoms with Crippen LogP contribution in [-0.4, -0.2) is 122 Å². The fourth-order valence-corrected chi connectivity index (χ4v) is 13.5. The molecule has 0 bridgehead atoms. The van der Waals surface area contributed by atoms with Gasteiger partial charge < -0.3 is 24.1 Å². The van der Waals surface area contributed by atoms with Crippen LogP contribution in [0.4, 0.5) is 10.5 Å². The zero-order valence-corrected chi connectivity index (χ0v) is 47.7. The summed E-state index contributed by atoms with van der Waals surface area (Å²) in [6.07, 6.45) is 0.279. The van der Waals surface area contributed by atoms with Crippen molar-refractivity contribution in [1.82, 2.24) is 34.6 Å². The van der Waals surface area contributed by atoms with Crippen LogP contribution in [0.15, 0.2) is 107 Å². The molecule has 404 valence electrons. The van der Waals surface area contributed by atoms with Gasteiger partial charge in [-0.1, -0.05) is 93.6 Å². The minimum atomic E-state index is -4.92. The molecule has 1 aliphatic rings. The van der Waals surface area contributed by atoms with E-state index in [0.29, 0.717) is 42.0 Å². The summed E-state index contributed by atoms with van der Waals surface area (Å²) in [6.45, 7) is 16.8. The number of amides is 1. The van der Waals surface area contributed by atoms with Crippen LogP contribution in [0.5, 0.6) is 5.75 Å². The average Bonchev–Trinajstić information content (AvgIpc) is 3.79. The van der Waals surface area contributed by atoms with E-state index in [1.54, 1.807) is 94.6 Å². The maximum Gasteiger partial charge on any atom is 0.407 e. The monoisotopic (exact) mass is 1100 g/mol. The van der Waals surface area contributed by atoms with Crippen molar-refractivity contribution in [3.8, 4) is 17.1 Å². The van der Waals surface area contributed by atoms with Crippen molar-refractivity contribution in [2.75, 3.05) is 44.5 Å². The molecule has 0 aliphatic carbocycles. The number of carbonyl (C=O) groups excluding carboxylic acids is 1. The summed E-state index contributed by atoms with van der Waals surface area (Å²) in [5, 5.41) is 16.1. The highest BCUT2D eigenvalue weighted by molar-refractivity contribution is 7.92. The lowest BCUT2D eigenvalue weighted by molar-refractivity contribution is 0.0498. The Hall–Kier alpha value is -5.27. The zero-order chi connectivity index (χ0) is 54.3. The minimum Gasteiger partial charge on any atom is -0.497 e. The molecule has 23 heteroatoms. The molecule has 2 unspecified atom stereocenters. The largest absolute Gasteiger partial charge is 0.497 e. The van der Waals surface area contributed by atoms with Gasteiger partial charge in [-0.25, -0.2) is 26.4 Å². The Morgan fingerprint density at radius 2 is 1.45 bits per heavy atom. The van der Waals surface area contributed by atoms with E-state index in [1.165, 1.54) is 15.2 Å². The van der Waals surface area contributed by atoms with Gasteiger partial charge in [0.1, 0.15) is 21.1 Å². The molecular formula is C51H72N8O11S3Si. The molecule has 1 aromatic heterocycles. The normalized spacial score (nSPS) is 16.5. The van der Waals surface area contributed by atoms with Gasteiger partial charge in [0.15, 0.2) is 8.32 Å². The Morgan fingerprint density at radius 1 is 0.838 bits per heavy atom. The van der Waals surface area contributed by atoms with Crippen LogP contribution in [0.2, 0.25) is 18.1 Å². The number of anilines is 1. The Balaban J connectivity index is 1.56. The highest BCUT2D eigenvalue weighted by Crippen LogP contribution is 2.44. The third-order valence-electron chi connectivity index (χ3n) is 13.0. The van der Waals surface area contributed by atoms with Crippen LogP contribution < -0.4 is 19.7 Å². The quantitative estimate of drug-likeness (QED) is 0.0503. The van der Waals surface area contributed by atoms with E-state index in [-0.39, 0.29) is 67.7 Å². The first-order valence-corrected chi connectivity index (χ1v) is 32.1. The lowest BCUT2D eigenvalue weighted by Gasteiger charge is -2.40. The minimum absolute atomic E-state index is 0.0328. The highest BCUT2D eigenvalue weighted by Gasteiger charge is 2.42. The van der Waals surface area contributed by atoms with Gasteiger partial charge in [-0.2, -0.15) is 17.5 Å². The first-order chi connectivity index (χ1) is 34.5. The smallest absolute Gasteiger partial charge is 0.407 e. The van der Waals surface area contributed by atoms with E-state index in [9.17, 15) is 13.2 Å². The van der Waals surface area contributed by atoms with Crippen molar-refractivity contribution in [3.05, 3.63) is 114 Å². The lowest BCUT2D eigenvalue weighted by atomic mass is 9.91. The predicted molar refractivity (Wildman–Crippen MR) is 286 cm³/mol. The highest BCUT2D eigenvalue weighted by atomic mass is 32.2.